The van der Waals surface area contributed by atoms with Gasteiger partial charge in [-0.05, 0) is 35.6 Å². The Morgan fingerprint density at radius 3 is 2.04 bits per heavy atom. The molecule has 2 aromatic carbocycles. The van der Waals surface area contributed by atoms with E-state index >= 15 is 0 Å². The fourth-order valence-corrected chi connectivity index (χ4v) is 2.63. The molecule has 1 aliphatic heterocycles. The summed E-state index contributed by atoms with van der Waals surface area (Å²) in [4.78, 5) is 0. The van der Waals surface area contributed by atoms with Gasteiger partial charge in [0.25, 0.3) is 0 Å². The highest BCUT2D eigenvalue weighted by atomic mass is 15.1. The minimum absolute atomic E-state index is 0.821. The molecule has 1 aliphatic rings. The van der Waals surface area contributed by atoms with Crippen molar-refractivity contribution in [1.82, 2.24) is 0 Å². The van der Waals surface area contributed by atoms with E-state index in [9.17, 15) is 0 Å². The third-order valence-corrected chi connectivity index (χ3v) is 3.63. The molecule has 3 rings (SSSR count). The summed E-state index contributed by atoms with van der Waals surface area (Å²) in [7, 11) is 1.71. The Bertz CT molecular complexity index is 755. The number of anilines is 1. The zero-order chi connectivity index (χ0) is 20.2. The highest BCUT2D eigenvalue weighted by molar-refractivity contribution is 5.94. The van der Waals surface area contributed by atoms with Gasteiger partial charge in [-0.15, -0.1) is 0 Å². The number of fused-ring (bicyclic) bond motifs is 2. The molecular weight excluding hydrogens is 330 g/mol. The first-order chi connectivity index (χ1) is 13.0. The predicted octanol–water partition coefficient (Wildman–Crippen LogP) is 7.66. The largest absolute Gasteiger partial charge is 0.380 e. The molecular formula is C24H35N3. The van der Waals surface area contributed by atoms with Gasteiger partial charge in [0.05, 0.1) is 5.70 Å². The van der Waals surface area contributed by atoms with E-state index in [1.54, 1.807) is 7.05 Å². The Balaban J connectivity index is 0.000000453. The topological polar surface area (TPSA) is 36.8 Å². The molecule has 0 atom stereocenters. The number of nitrogens with one attached hydrogen (secondary N) is 1. The first kappa shape index (κ1) is 22.6. The molecule has 0 saturated carbocycles. The molecule has 27 heavy (non-hydrogen) atoms. The SMILES string of the molecule is CC(C)C.CCC.CN=N/C1=C(\C)c2ccccc2CNc2ccccc21. The third kappa shape index (κ3) is 7.01. The summed E-state index contributed by atoms with van der Waals surface area (Å²) in [6.07, 6.45) is 1.25. The van der Waals surface area contributed by atoms with Gasteiger partial charge in [0.15, 0.2) is 0 Å². The molecule has 146 valence electrons. The lowest BCUT2D eigenvalue weighted by atomic mass is 9.94. The zero-order valence-electron chi connectivity index (χ0n) is 18.0. The summed E-state index contributed by atoms with van der Waals surface area (Å²) in [5.74, 6) is 0.833. The van der Waals surface area contributed by atoms with Crippen LogP contribution < -0.4 is 5.32 Å². The number of allylic oxidation sites excluding steroid dienone is 1. The van der Waals surface area contributed by atoms with Crippen LogP contribution in [0.5, 0.6) is 0 Å². The standard InChI is InChI=1S/C17H17N3.C4H10.C3H8/c1-12-14-8-4-3-7-13(14)11-19-16-10-6-5-9-15(16)17(12)20-18-2;1-4(2)3;1-3-2/h3-10,19H,11H2,1-2H3;4H,1-3H3;3H2,1-2H3/b17-12+,20-18?;;. The molecule has 2 aromatic rings. The minimum Gasteiger partial charge on any atom is -0.380 e. The van der Waals surface area contributed by atoms with Gasteiger partial charge >= 0.3 is 0 Å². The Hall–Kier alpha value is -2.42. The maximum Gasteiger partial charge on any atom is 0.0980 e. The maximum atomic E-state index is 4.37. The summed E-state index contributed by atoms with van der Waals surface area (Å²) in [5, 5.41) is 11.9. The summed E-state index contributed by atoms with van der Waals surface area (Å²) in [6, 6.07) is 16.7. The van der Waals surface area contributed by atoms with E-state index in [0.717, 1.165) is 29.4 Å². The van der Waals surface area contributed by atoms with Crippen LogP contribution in [0.4, 0.5) is 5.69 Å². The summed E-state index contributed by atoms with van der Waals surface area (Å²) < 4.78 is 0. The highest BCUT2D eigenvalue weighted by Crippen LogP contribution is 2.35. The lowest BCUT2D eigenvalue weighted by Crippen LogP contribution is -2.07. The number of nitrogens with zero attached hydrogens (tertiary/aromatic N) is 2. The number of rotatable bonds is 1. The van der Waals surface area contributed by atoms with E-state index < -0.39 is 0 Å². The van der Waals surface area contributed by atoms with Crippen LogP contribution in [0.3, 0.4) is 0 Å². The second-order valence-corrected chi connectivity index (χ2v) is 7.27. The van der Waals surface area contributed by atoms with Crippen LogP contribution >= 0.6 is 0 Å². The van der Waals surface area contributed by atoms with Crippen molar-refractivity contribution in [3.63, 3.8) is 0 Å². The van der Waals surface area contributed by atoms with Gasteiger partial charge < -0.3 is 5.32 Å². The van der Waals surface area contributed by atoms with Crippen molar-refractivity contribution in [2.75, 3.05) is 12.4 Å². The molecule has 1 N–H and O–H groups in total. The van der Waals surface area contributed by atoms with Gasteiger partial charge in [0.1, 0.15) is 0 Å². The Kier molecular flexibility index (Phi) is 10.1. The van der Waals surface area contributed by atoms with Crippen LogP contribution in [-0.4, -0.2) is 7.05 Å². The van der Waals surface area contributed by atoms with Crippen molar-refractivity contribution in [1.29, 1.82) is 0 Å². The smallest absolute Gasteiger partial charge is 0.0980 e. The van der Waals surface area contributed by atoms with Crippen molar-refractivity contribution in [2.45, 2.75) is 54.5 Å². The van der Waals surface area contributed by atoms with E-state index in [0.29, 0.717) is 0 Å². The average molecular weight is 366 g/mol. The zero-order valence-corrected chi connectivity index (χ0v) is 18.0. The minimum atomic E-state index is 0.821. The maximum absolute atomic E-state index is 4.37. The van der Waals surface area contributed by atoms with Crippen LogP contribution in [-0.2, 0) is 6.54 Å². The van der Waals surface area contributed by atoms with E-state index in [-0.39, 0.29) is 0 Å². The molecule has 0 bridgehead atoms. The molecule has 0 aliphatic carbocycles. The molecule has 0 unspecified atom stereocenters. The van der Waals surface area contributed by atoms with Gasteiger partial charge in [-0.3, -0.25) is 0 Å². The van der Waals surface area contributed by atoms with Crippen molar-refractivity contribution in [2.24, 2.45) is 16.1 Å². The van der Waals surface area contributed by atoms with Gasteiger partial charge in [0.2, 0.25) is 0 Å². The molecule has 3 heteroatoms. The van der Waals surface area contributed by atoms with Crippen LogP contribution in [0.2, 0.25) is 0 Å². The fourth-order valence-electron chi connectivity index (χ4n) is 2.63. The van der Waals surface area contributed by atoms with E-state index in [4.69, 9.17) is 0 Å². The quantitative estimate of drug-likeness (QED) is 0.517. The number of hydrogen-bond acceptors (Lipinski definition) is 3. The first-order valence-electron chi connectivity index (χ1n) is 9.88. The van der Waals surface area contributed by atoms with Crippen LogP contribution in [0, 0.1) is 5.92 Å². The van der Waals surface area contributed by atoms with Crippen LogP contribution in [0.25, 0.3) is 11.3 Å². The molecule has 0 amide bonds. The number of benzene rings is 2. The second kappa shape index (κ2) is 12.1. The highest BCUT2D eigenvalue weighted by Gasteiger charge is 2.16. The Labute approximate surface area is 165 Å². The van der Waals surface area contributed by atoms with Crippen molar-refractivity contribution >= 4 is 17.0 Å². The predicted molar refractivity (Wildman–Crippen MR) is 120 cm³/mol. The Morgan fingerprint density at radius 2 is 1.44 bits per heavy atom. The van der Waals surface area contributed by atoms with Gasteiger partial charge in [-0.2, -0.15) is 10.2 Å². The van der Waals surface area contributed by atoms with Gasteiger partial charge in [-0.1, -0.05) is 83.5 Å². The van der Waals surface area contributed by atoms with Gasteiger partial charge in [0, 0.05) is 24.8 Å². The fraction of sp³-hybridized carbons (Fsp3) is 0.417. The lowest BCUT2D eigenvalue weighted by Gasteiger charge is -2.20. The van der Waals surface area contributed by atoms with Crippen molar-refractivity contribution in [3.05, 3.63) is 65.2 Å². The summed E-state index contributed by atoms with van der Waals surface area (Å²) >= 11 is 0. The lowest BCUT2D eigenvalue weighted by molar-refractivity contribution is 0.737. The monoisotopic (exact) mass is 365 g/mol. The van der Waals surface area contributed by atoms with Crippen molar-refractivity contribution in [3.8, 4) is 0 Å². The summed E-state index contributed by atoms with van der Waals surface area (Å²) in [5.41, 5.74) is 6.82. The Morgan fingerprint density at radius 1 is 0.926 bits per heavy atom. The molecule has 3 nitrogen and oxygen atoms in total. The van der Waals surface area contributed by atoms with E-state index in [1.807, 2.05) is 12.1 Å². The van der Waals surface area contributed by atoms with Crippen LogP contribution in [0.15, 0.2) is 58.8 Å². The molecule has 0 radical (unpaired) electrons. The average Bonchev–Trinajstić information content (AvgIpc) is 2.64. The van der Waals surface area contributed by atoms with Crippen molar-refractivity contribution < 1.29 is 0 Å². The molecule has 0 aromatic heterocycles. The third-order valence-electron chi connectivity index (χ3n) is 3.63. The van der Waals surface area contributed by atoms with Gasteiger partial charge in [-0.25, -0.2) is 0 Å². The van der Waals surface area contributed by atoms with Crippen LogP contribution in [0.1, 0.15) is 64.7 Å². The normalized spacial score (nSPS) is 15.3. The number of hydrogen-bond donors (Lipinski definition) is 1. The first-order valence-corrected chi connectivity index (χ1v) is 9.88. The molecule has 0 spiro atoms. The van der Waals surface area contributed by atoms with E-state index in [1.165, 1.54) is 23.1 Å². The van der Waals surface area contributed by atoms with E-state index in [2.05, 4.69) is 93.5 Å². The number of azo groups is 1. The number of para-hydroxylation sites is 1. The second-order valence-electron chi connectivity index (χ2n) is 7.27. The molecule has 1 heterocycles. The summed E-state index contributed by atoms with van der Waals surface area (Å²) in [6.45, 7) is 13.7. The molecule has 0 saturated heterocycles. The molecule has 0 fully saturated rings.